The Bertz CT molecular complexity index is 1640. The fourth-order valence-corrected chi connectivity index (χ4v) is 8.06. The van der Waals surface area contributed by atoms with Crippen LogP contribution in [-0.4, -0.2) is 106 Å². The summed E-state index contributed by atoms with van der Waals surface area (Å²) < 4.78 is 33.7. The van der Waals surface area contributed by atoms with E-state index in [-0.39, 0.29) is 57.9 Å². The van der Waals surface area contributed by atoms with E-state index in [1.165, 1.54) is 16.2 Å². The fraction of sp³-hybridized carbons (Fsp3) is 0.583. The van der Waals surface area contributed by atoms with Gasteiger partial charge in [0.2, 0.25) is 27.6 Å². The van der Waals surface area contributed by atoms with Crippen molar-refractivity contribution in [2.24, 2.45) is 22.4 Å². The summed E-state index contributed by atoms with van der Waals surface area (Å²) in [4.78, 5) is 61.2. The number of nitrogens with one attached hydrogen (secondary N) is 4. The molecule has 0 radical (unpaired) electrons. The molecule has 2 aliphatic rings. The number of aliphatic imine (C=N–C) groups is 1. The zero-order valence-corrected chi connectivity index (χ0v) is 32.2. The highest BCUT2D eigenvalue weighted by atomic mass is 32.2. The zero-order valence-electron chi connectivity index (χ0n) is 30.6. The van der Waals surface area contributed by atoms with E-state index in [0.717, 1.165) is 48.2 Å². The maximum absolute atomic E-state index is 14.3. The largest absolute Gasteiger partial charge is 0.372 e. The van der Waals surface area contributed by atoms with Crippen molar-refractivity contribution in [1.82, 2.24) is 25.6 Å². The number of aryl methyl sites for hydroxylation is 1. The number of rotatable bonds is 20. The van der Waals surface area contributed by atoms with Crippen molar-refractivity contribution in [3.8, 4) is 0 Å². The highest BCUT2D eigenvalue weighted by molar-refractivity contribution is 7.88. The number of carbonyl (C=O) groups is 4. The van der Waals surface area contributed by atoms with Gasteiger partial charge in [0.15, 0.2) is 5.96 Å². The van der Waals surface area contributed by atoms with Crippen LogP contribution in [0.1, 0.15) is 60.9 Å². The van der Waals surface area contributed by atoms with Gasteiger partial charge in [0.25, 0.3) is 5.91 Å². The number of hydrogen-bond acceptors (Lipinski definition) is 10. The van der Waals surface area contributed by atoms with Crippen LogP contribution in [0.3, 0.4) is 0 Å². The maximum Gasteiger partial charge on any atom is 0.289 e. The van der Waals surface area contributed by atoms with Crippen molar-refractivity contribution in [2.45, 2.75) is 89.1 Å². The minimum absolute atomic E-state index is 0.0321. The maximum atomic E-state index is 14.3. The molecule has 1 aromatic heterocycles. The summed E-state index contributed by atoms with van der Waals surface area (Å²) in [5.74, 6) is -2.68. The van der Waals surface area contributed by atoms with E-state index >= 15 is 0 Å². The van der Waals surface area contributed by atoms with Gasteiger partial charge in [-0.25, -0.2) is 13.1 Å². The second-order valence-corrected chi connectivity index (χ2v) is 16.6. The Morgan fingerprint density at radius 3 is 2.47 bits per heavy atom. The van der Waals surface area contributed by atoms with Gasteiger partial charge in [-0.1, -0.05) is 35.9 Å². The lowest BCUT2D eigenvalue weighted by atomic mass is 9.91. The summed E-state index contributed by atoms with van der Waals surface area (Å²) in [6.45, 7) is 4.36. The van der Waals surface area contributed by atoms with Crippen molar-refractivity contribution in [3.05, 3.63) is 57.8 Å². The number of sulfonamides is 1. The molecule has 8 N–H and O–H groups in total. The molecule has 4 atom stereocenters. The fourth-order valence-electron chi connectivity index (χ4n) is 6.61. The summed E-state index contributed by atoms with van der Waals surface area (Å²) in [6.07, 6.45) is 4.16. The standard InChI is InChI=1S/C36H54N8O7S2/c1-24-7-9-26(10-8-24)23-51-27-21-31(44(22-27)35(48)30(43-53(2,49)50)12-11-25-13-17-39-18-14-25)33(46)42-29(6-3-16-41-36(37)38)32(45)34(47)40-19-15-28-5-4-20-52-28/h4-5,7-10,20,25,27,29-31,39,43H,3,6,11-19,21-23H2,1-2H3,(H,40,47)(H,42,46)(H4,37,38,41)/t27-,29+,30-,31+/m1/s1. The van der Waals surface area contributed by atoms with E-state index in [4.69, 9.17) is 16.2 Å². The molecule has 2 saturated heterocycles. The van der Waals surface area contributed by atoms with Crippen LogP contribution in [0.2, 0.25) is 0 Å². The van der Waals surface area contributed by atoms with E-state index in [1.54, 1.807) is 0 Å². The Balaban J connectivity index is 1.53. The van der Waals surface area contributed by atoms with E-state index in [9.17, 15) is 27.6 Å². The molecule has 2 aliphatic heterocycles. The average Bonchev–Trinajstić information content (AvgIpc) is 3.81. The number of hydrogen-bond donors (Lipinski definition) is 6. The van der Waals surface area contributed by atoms with Crippen LogP contribution in [0.15, 0.2) is 46.8 Å². The van der Waals surface area contributed by atoms with Crippen molar-refractivity contribution < 1.29 is 32.3 Å². The first-order valence-corrected chi connectivity index (χ1v) is 20.9. The molecule has 0 saturated carbocycles. The van der Waals surface area contributed by atoms with Gasteiger partial charge in [0, 0.05) is 30.9 Å². The van der Waals surface area contributed by atoms with E-state index < -0.39 is 57.8 Å². The third-order valence-electron chi connectivity index (χ3n) is 9.47. The van der Waals surface area contributed by atoms with Gasteiger partial charge in [-0.15, -0.1) is 11.3 Å². The lowest BCUT2D eigenvalue weighted by Crippen LogP contribution is -2.56. The number of Topliss-reactive ketones (excluding diaryl/α,β-unsaturated/α-hetero) is 1. The second kappa shape index (κ2) is 20.5. The van der Waals surface area contributed by atoms with Crippen LogP contribution < -0.4 is 32.1 Å². The number of ether oxygens (including phenoxy) is 1. The van der Waals surface area contributed by atoms with E-state index in [1.807, 2.05) is 48.7 Å². The van der Waals surface area contributed by atoms with Crippen LogP contribution in [0.25, 0.3) is 0 Å². The van der Waals surface area contributed by atoms with Crippen molar-refractivity contribution in [1.29, 1.82) is 0 Å². The molecule has 2 fully saturated rings. The van der Waals surface area contributed by atoms with Crippen LogP contribution in [0.4, 0.5) is 0 Å². The topological polar surface area (TPSA) is 227 Å². The van der Waals surface area contributed by atoms with Gasteiger partial charge >= 0.3 is 0 Å². The quantitative estimate of drug-likeness (QED) is 0.0478. The molecule has 1 aromatic carbocycles. The number of ketones is 1. The van der Waals surface area contributed by atoms with Gasteiger partial charge in [-0.2, -0.15) is 0 Å². The predicted molar refractivity (Wildman–Crippen MR) is 204 cm³/mol. The number of amides is 3. The van der Waals surface area contributed by atoms with Crippen molar-refractivity contribution >= 4 is 50.8 Å². The molecule has 2 aromatic rings. The van der Waals surface area contributed by atoms with Gasteiger partial charge in [-0.05, 0) is 87.9 Å². The summed E-state index contributed by atoms with van der Waals surface area (Å²) in [5.41, 5.74) is 12.9. The van der Waals surface area contributed by atoms with Gasteiger partial charge in [0.05, 0.1) is 25.0 Å². The summed E-state index contributed by atoms with van der Waals surface area (Å²) in [6, 6.07) is 8.22. The molecule has 0 bridgehead atoms. The number of carbonyl (C=O) groups excluding carboxylic acids is 4. The molecule has 3 heterocycles. The molecular weight excluding hydrogens is 721 g/mol. The number of nitrogens with two attached hydrogens (primary N) is 2. The second-order valence-electron chi connectivity index (χ2n) is 13.8. The highest BCUT2D eigenvalue weighted by Gasteiger charge is 2.44. The number of likely N-dealkylation sites (tertiary alicyclic amines) is 1. The van der Waals surface area contributed by atoms with Crippen molar-refractivity contribution in [3.63, 3.8) is 0 Å². The molecule has 0 spiro atoms. The molecular formula is C36H54N8O7S2. The summed E-state index contributed by atoms with van der Waals surface area (Å²) >= 11 is 1.54. The predicted octanol–water partition coefficient (Wildman–Crippen LogP) is 0.707. The smallest absolute Gasteiger partial charge is 0.289 e. The van der Waals surface area contributed by atoms with Crippen LogP contribution in [-0.2, 0) is 47.0 Å². The van der Waals surface area contributed by atoms with Crippen molar-refractivity contribution in [2.75, 3.05) is 39.0 Å². The Hall–Kier alpha value is -3.90. The molecule has 15 nitrogen and oxygen atoms in total. The molecule has 292 valence electrons. The van der Waals surface area contributed by atoms with Gasteiger partial charge < -0.3 is 37.1 Å². The third kappa shape index (κ3) is 14.1. The minimum atomic E-state index is -3.79. The number of piperidine rings is 1. The number of thiophene rings is 1. The SMILES string of the molecule is Cc1ccc(CO[C@@H]2C[C@@H](C(=O)N[C@@H](CCCN=C(N)N)C(=O)C(=O)NCCc3cccs3)N(C(=O)[C@@H](CCC3CCNCC3)NS(C)(=O)=O)C2)cc1. The lowest BCUT2D eigenvalue weighted by molar-refractivity contribution is -0.142. The normalized spacial score (nSPS) is 18.9. The number of nitrogens with zero attached hydrogens (tertiary/aromatic N) is 2. The lowest BCUT2D eigenvalue weighted by Gasteiger charge is -2.30. The van der Waals surface area contributed by atoms with Crippen LogP contribution >= 0.6 is 11.3 Å². The molecule has 53 heavy (non-hydrogen) atoms. The Kier molecular flexibility index (Phi) is 16.2. The van der Waals surface area contributed by atoms with Gasteiger partial charge in [0.1, 0.15) is 12.1 Å². The summed E-state index contributed by atoms with van der Waals surface area (Å²) in [5, 5.41) is 10.6. The average molecular weight is 775 g/mol. The first-order chi connectivity index (χ1) is 25.3. The molecule has 0 aliphatic carbocycles. The molecule has 17 heteroatoms. The molecule has 3 amide bonds. The van der Waals surface area contributed by atoms with Crippen LogP contribution in [0.5, 0.6) is 0 Å². The van der Waals surface area contributed by atoms with Gasteiger partial charge in [-0.3, -0.25) is 24.2 Å². The zero-order chi connectivity index (χ0) is 38.4. The molecule has 0 unspecified atom stereocenters. The van der Waals surface area contributed by atoms with E-state index in [2.05, 4.69) is 25.7 Å². The Morgan fingerprint density at radius 1 is 1.08 bits per heavy atom. The number of guanidine groups is 1. The minimum Gasteiger partial charge on any atom is -0.372 e. The molecule has 4 rings (SSSR count). The highest BCUT2D eigenvalue weighted by Crippen LogP contribution is 2.26. The monoisotopic (exact) mass is 774 g/mol. The first-order valence-electron chi connectivity index (χ1n) is 18.1. The number of benzene rings is 1. The first kappa shape index (κ1) is 41.9. The van der Waals surface area contributed by atoms with Crippen LogP contribution in [0, 0.1) is 12.8 Å². The Morgan fingerprint density at radius 2 is 1.81 bits per heavy atom. The Labute approximate surface area is 316 Å². The summed E-state index contributed by atoms with van der Waals surface area (Å²) in [7, 11) is -3.79. The van der Waals surface area contributed by atoms with E-state index in [0.29, 0.717) is 18.8 Å². The third-order valence-corrected chi connectivity index (χ3v) is 11.1.